The Bertz CT molecular complexity index is 287. The van der Waals surface area contributed by atoms with Crippen LogP contribution in [0.2, 0.25) is 5.02 Å². The van der Waals surface area contributed by atoms with E-state index in [0.29, 0.717) is 5.25 Å². The summed E-state index contributed by atoms with van der Waals surface area (Å²) in [4.78, 5) is 0. The predicted molar refractivity (Wildman–Crippen MR) is 51.7 cm³/mol. The number of fused-ring (bicyclic) bond motifs is 1. The van der Waals surface area contributed by atoms with Crippen LogP contribution in [0.25, 0.3) is 0 Å². The van der Waals surface area contributed by atoms with Crippen LogP contribution in [0.4, 0.5) is 5.69 Å². The Morgan fingerprint density at radius 1 is 1.55 bits per heavy atom. The average Bonchev–Trinajstić information content (AvgIpc) is 2.32. The van der Waals surface area contributed by atoms with Crippen LogP contribution >= 0.6 is 24.2 Å². The molecule has 2 rings (SSSR count). The highest BCUT2D eigenvalue weighted by molar-refractivity contribution is 7.80. The minimum atomic E-state index is 0.322. The molecule has 0 fully saturated rings. The van der Waals surface area contributed by atoms with Crippen LogP contribution in [0.15, 0.2) is 18.2 Å². The third-order valence-electron chi connectivity index (χ3n) is 1.86. The molecule has 0 aliphatic carbocycles. The third kappa shape index (κ3) is 1.21. The van der Waals surface area contributed by atoms with E-state index in [2.05, 4.69) is 17.9 Å². The van der Waals surface area contributed by atoms with Gasteiger partial charge in [0.25, 0.3) is 0 Å². The molecule has 1 nitrogen and oxygen atoms in total. The predicted octanol–water partition coefficient (Wildman–Crippen LogP) is 2.74. The van der Waals surface area contributed by atoms with E-state index < -0.39 is 0 Å². The number of benzene rings is 1. The van der Waals surface area contributed by atoms with E-state index in [-0.39, 0.29) is 0 Å². The summed E-state index contributed by atoms with van der Waals surface area (Å²) in [5.74, 6) is 0. The Labute approximate surface area is 76.2 Å². The van der Waals surface area contributed by atoms with Gasteiger partial charge in [-0.05, 0) is 17.7 Å². The number of anilines is 1. The second-order valence-corrected chi connectivity index (χ2v) is 3.69. The molecule has 1 N–H and O–H groups in total. The first-order chi connectivity index (χ1) is 5.27. The first kappa shape index (κ1) is 7.32. The topological polar surface area (TPSA) is 12.0 Å². The molecule has 0 saturated carbocycles. The van der Waals surface area contributed by atoms with Crippen molar-refractivity contribution in [2.45, 2.75) is 5.25 Å². The Morgan fingerprint density at radius 2 is 2.36 bits per heavy atom. The second-order valence-electron chi connectivity index (χ2n) is 2.63. The highest BCUT2D eigenvalue weighted by Gasteiger charge is 2.17. The van der Waals surface area contributed by atoms with Crippen molar-refractivity contribution in [1.82, 2.24) is 0 Å². The largest absolute Gasteiger partial charge is 0.383 e. The summed E-state index contributed by atoms with van der Waals surface area (Å²) in [6.45, 7) is 0.902. The van der Waals surface area contributed by atoms with Crippen molar-refractivity contribution < 1.29 is 0 Å². The van der Waals surface area contributed by atoms with E-state index in [0.717, 1.165) is 17.3 Å². The lowest BCUT2D eigenvalue weighted by atomic mass is 10.2. The zero-order chi connectivity index (χ0) is 7.84. The standard InChI is InChI=1S/C8H8ClNS/c9-5-1-2-6-7(3-5)10-4-8(6)11/h1-3,8,10-11H,4H2. The first-order valence-electron chi connectivity index (χ1n) is 3.49. The summed E-state index contributed by atoms with van der Waals surface area (Å²) in [7, 11) is 0. The van der Waals surface area contributed by atoms with E-state index in [9.17, 15) is 0 Å². The highest BCUT2D eigenvalue weighted by atomic mass is 35.5. The fourth-order valence-electron chi connectivity index (χ4n) is 1.29. The number of nitrogens with one attached hydrogen (secondary N) is 1. The molecule has 1 aliphatic rings. The number of halogens is 1. The summed E-state index contributed by atoms with van der Waals surface area (Å²) < 4.78 is 0. The normalized spacial score (nSPS) is 21.1. The van der Waals surface area contributed by atoms with Gasteiger partial charge in [-0.1, -0.05) is 17.7 Å². The van der Waals surface area contributed by atoms with Crippen molar-refractivity contribution in [1.29, 1.82) is 0 Å². The van der Waals surface area contributed by atoms with Gasteiger partial charge in [-0.2, -0.15) is 12.6 Å². The summed E-state index contributed by atoms with van der Waals surface area (Å²) in [6.07, 6.45) is 0. The van der Waals surface area contributed by atoms with Crippen molar-refractivity contribution in [3.8, 4) is 0 Å². The molecule has 1 aliphatic heterocycles. The van der Waals surface area contributed by atoms with Gasteiger partial charge < -0.3 is 5.32 Å². The zero-order valence-electron chi connectivity index (χ0n) is 5.84. The molecule has 1 aromatic rings. The molecule has 0 aromatic heterocycles. The van der Waals surface area contributed by atoms with Gasteiger partial charge in [0, 0.05) is 22.5 Å². The summed E-state index contributed by atoms with van der Waals surface area (Å²) in [6, 6.07) is 5.86. The van der Waals surface area contributed by atoms with Crippen LogP contribution in [0.1, 0.15) is 10.8 Å². The quantitative estimate of drug-likeness (QED) is 0.593. The van der Waals surface area contributed by atoms with Crippen molar-refractivity contribution in [2.24, 2.45) is 0 Å². The summed E-state index contributed by atoms with van der Waals surface area (Å²) in [5.41, 5.74) is 2.37. The third-order valence-corrected chi connectivity index (χ3v) is 2.56. The van der Waals surface area contributed by atoms with E-state index in [4.69, 9.17) is 11.6 Å². The highest BCUT2D eigenvalue weighted by Crippen LogP contribution is 2.35. The van der Waals surface area contributed by atoms with Gasteiger partial charge in [0.1, 0.15) is 0 Å². The van der Waals surface area contributed by atoms with Gasteiger partial charge >= 0.3 is 0 Å². The second kappa shape index (κ2) is 2.61. The lowest BCUT2D eigenvalue weighted by molar-refractivity contribution is 1.08. The first-order valence-corrected chi connectivity index (χ1v) is 4.38. The van der Waals surface area contributed by atoms with Crippen LogP contribution in [0.3, 0.4) is 0 Å². The molecule has 0 saturated heterocycles. The number of hydrogen-bond donors (Lipinski definition) is 2. The Morgan fingerprint density at radius 3 is 3.18 bits per heavy atom. The van der Waals surface area contributed by atoms with Crippen LogP contribution in [0.5, 0.6) is 0 Å². The van der Waals surface area contributed by atoms with Gasteiger partial charge in [-0.25, -0.2) is 0 Å². The molecule has 58 valence electrons. The molecule has 11 heavy (non-hydrogen) atoms. The maximum Gasteiger partial charge on any atom is 0.0460 e. The molecule has 1 aromatic carbocycles. The molecular formula is C8H8ClNS. The zero-order valence-corrected chi connectivity index (χ0v) is 7.49. The van der Waals surface area contributed by atoms with E-state index in [1.165, 1.54) is 5.56 Å². The molecule has 0 amide bonds. The Balaban J connectivity index is 2.50. The monoisotopic (exact) mass is 185 g/mol. The Hall–Kier alpha value is -0.340. The maximum absolute atomic E-state index is 5.81. The van der Waals surface area contributed by atoms with E-state index in [1.807, 2.05) is 18.2 Å². The minimum absolute atomic E-state index is 0.322. The van der Waals surface area contributed by atoms with Gasteiger partial charge in [0.05, 0.1) is 0 Å². The lowest BCUT2D eigenvalue weighted by Gasteiger charge is -2.00. The van der Waals surface area contributed by atoms with E-state index in [1.54, 1.807) is 0 Å². The summed E-state index contributed by atoms with van der Waals surface area (Å²) >= 11 is 10.2. The van der Waals surface area contributed by atoms with E-state index >= 15 is 0 Å². The maximum atomic E-state index is 5.81. The fourth-order valence-corrected chi connectivity index (χ4v) is 1.78. The van der Waals surface area contributed by atoms with Crippen LogP contribution < -0.4 is 5.32 Å². The van der Waals surface area contributed by atoms with Crippen LogP contribution in [0, 0.1) is 0 Å². The number of thiol groups is 1. The van der Waals surface area contributed by atoms with Gasteiger partial charge in [-0.15, -0.1) is 0 Å². The lowest BCUT2D eigenvalue weighted by Crippen LogP contribution is -1.93. The van der Waals surface area contributed by atoms with Crippen molar-refractivity contribution in [3.63, 3.8) is 0 Å². The number of rotatable bonds is 0. The van der Waals surface area contributed by atoms with Gasteiger partial charge in [-0.3, -0.25) is 0 Å². The molecule has 1 heterocycles. The van der Waals surface area contributed by atoms with Crippen LogP contribution in [-0.4, -0.2) is 6.54 Å². The smallest absolute Gasteiger partial charge is 0.0460 e. The molecule has 1 unspecified atom stereocenters. The molecule has 3 heteroatoms. The average molecular weight is 186 g/mol. The Kier molecular flexibility index (Phi) is 1.74. The minimum Gasteiger partial charge on any atom is -0.383 e. The van der Waals surface area contributed by atoms with Gasteiger partial charge in [0.15, 0.2) is 0 Å². The molecular weight excluding hydrogens is 178 g/mol. The molecule has 0 spiro atoms. The fraction of sp³-hybridized carbons (Fsp3) is 0.250. The molecule has 0 radical (unpaired) electrons. The van der Waals surface area contributed by atoms with Crippen LogP contribution in [-0.2, 0) is 0 Å². The van der Waals surface area contributed by atoms with Crippen molar-refractivity contribution in [3.05, 3.63) is 28.8 Å². The van der Waals surface area contributed by atoms with Crippen molar-refractivity contribution >= 4 is 29.9 Å². The molecule has 1 atom stereocenters. The molecule has 0 bridgehead atoms. The van der Waals surface area contributed by atoms with Gasteiger partial charge in [0.2, 0.25) is 0 Å². The van der Waals surface area contributed by atoms with Crippen molar-refractivity contribution in [2.75, 3.05) is 11.9 Å². The SMILES string of the molecule is SC1CNc2cc(Cl)ccc21. The summed E-state index contributed by atoms with van der Waals surface area (Å²) in [5, 5.41) is 4.33. The number of hydrogen-bond acceptors (Lipinski definition) is 2.